The Morgan fingerprint density at radius 3 is 3.11 bits per heavy atom. The second-order valence-corrected chi connectivity index (χ2v) is 4.38. The number of aromatic nitrogens is 2. The van der Waals surface area contributed by atoms with Crippen LogP contribution in [0.25, 0.3) is 0 Å². The van der Waals surface area contributed by atoms with E-state index >= 15 is 0 Å². The predicted octanol–water partition coefficient (Wildman–Crippen LogP) is 0.683. The van der Waals surface area contributed by atoms with E-state index in [9.17, 15) is 4.79 Å². The fourth-order valence-corrected chi connectivity index (χ4v) is 2.04. The van der Waals surface area contributed by atoms with E-state index in [1.807, 2.05) is 0 Å². The third-order valence-corrected chi connectivity index (χ3v) is 2.94. The van der Waals surface area contributed by atoms with Gasteiger partial charge in [0.15, 0.2) is 0 Å². The van der Waals surface area contributed by atoms with Gasteiger partial charge in [0.1, 0.15) is 0 Å². The first kappa shape index (κ1) is 12.8. The van der Waals surface area contributed by atoms with Gasteiger partial charge in [0.05, 0.1) is 6.10 Å². The molecule has 1 unspecified atom stereocenters. The Balaban J connectivity index is 1.96. The molecule has 2 N–H and O–H groups in total. The predicted molar refractivity (Wildman–Crippen MR) is 63.9 cm³/mol. The zero-order chi connectivity index (χ0) is 13.0. The van der Waals surface area contributed by atoms with Crippen molar-refractivity contribution in [3.8, 4) is 0 Å². The van der Waals surface area contributed by atoms with Crippen LogP contribution in [0.15, 0.2) is 4.63 Å². The van der Waals surface area contributed by atoms with Gasteiger partial charge in [0.2, 0.25) is 11.5 Å². The van der Waals surface area contributed by atoms with Crippen LogP contribution in [0.4, 0.5) is 5.82 Å². The molecule has 100 valence electrons. The first-order chi connectivity index (χ1) is 8.72. The van der Waals surface area contributed by atoms with Crippen LogP contribution in [-0.2, 0) is 4.74 Å². The Labute approximate surface area is 105 Å². The van der Waals surface area contributed by atoms with Crippen LogP contribution in [0.2, 0.25) is 0 Å². The first-order valence-electron chi connectivity index (χ1n) is 6.21. The highest BCUT2D eigenvalue weighted by Gasteiger charge is 2.28. The van der Waals surface area contributed by atoms with Gasteiger partial charge in [-0.05, 0) is 29.6 Å². The lowest BCUT2D eigenvalue weighted by Crippen LogP contribution is -2.43. The summed E-state index contributed by atoms with van der Waals surface area (Å²) in [6.07, 6.45) is 2.98. The molecule has 2 rings (SSSR count). The van der Waals surface area contributed by atoms with Crippen LogP contribution in [0.3, 0.4) is 0 Å². The molecule has 1 fully saturated rings. The number of hydrogen-bond acceptors (Lipinski definition) is 6. The Morgan fingerprint density at radius 2 is 2.44 bits per heavy atom. The van der Waals surface area contributed by atoms with Gasteiger partial charge in [0, 0.05) is 19.7 Å². The summed E-state index contributed by atoms with van der Waals surface area (Å²) in [5.74, 6) is -0.199. The van der Waals surface area contributed by atoms with Gasteiger partial charge in [0.25, 0.3) is 5.91 Å². The molecule has 1 saturated heterocycles. The molecule has 1 aromatic rings. The van der Waals surface area contributed by atoms with Crippen molar-refractivity contribution in [3.63, 3.8) is 0 Å². The van der Waals surface area contributed by atoms with E-state index in [2.05, 4.69) is 21.9 Å². The Morgan fingerprint density at radius 1 is 1.61 bits per heavy atom. The van der Waals surface area contributed by atoms with Crippen molar-refractivity contribution in [1.82, 2.24) is 15.2 Å². The number of amides is 1. The van der Waals surface area contributed by atoms with Gasteiger partial charge in [-0.3, -0.25) is 4.79 Å². The van der Waals surface area contributed by atoms with Gasteiger partial charge in [-0.2, -0.15) is 0 Å². The molecular weight excluding hydrogens is 236 g/mol. The number of nitrogen functional groups attached to an aromatic ring is 1. The number of rotatable bonds is 4. The summed E-state index contributed by atoms with van der Waals surface area (Å²) < 4.78 is 10.1. The van der Waals surface area contributed by atoms with Crippen molar-refractivity contribution in [2.24, 2.45) is 0 Å². The summed E-state index contributed by atoms with van der Waals surface area (Å²) in [5, 5.41) is 6.95. The average molecular weight is 254 g/mol. The van der Waals surface area contributed by atoms with Crippen molar-refractivity contribution < 1.29 is 14.2 Å². The van der Waals surface area contributed by atoms with E-state index in [4.69, 9.17) is 10.5 Å². The van der Waals surface area contributed by atoms with E-state index in [1.54, 1.807) is 4.90 Å². The molecule has 1 aliphatic rings. The maximum absolute atomic E-state index is 12.1. The van der Waals surface area contributed by atoms with Crippen molar-refractivity contribution in [2.45, 2.75) is 32.3 Å². The normalized spacial score (nSPS) is 20.1. The van der Waals surface area contributed by atoms with Crippen LogP contribution in [0.5, 0.6) is 0 Å². The van der Waals surface area contributed by atoms with Gasteiger partial charge in [-0.15, -0.1) is 0 Å². The minimum Gasteiger partial charge on any atom is -0.379 e. The molecule has 7 heteroatoms. The molecule has 0 bridgehead atoms. The second-order valence-electron chi connectivity index (χ2n) is 4.38. The maximum Gasteiger partial charge on any atom is 0.280 e. The fraction of sp³-hybridized carbons (Fsp3) is 0.727. The number of nitrogens with two attached hydrogens (primary N) is 1. The molecule has 0 aliphatic carbocycles. The van der Waals surface area contributed by atoms with E-state index in [0.29, 0.717) is 13.1 Å². The molecule has 1 amide bonds. The SMILES string of the molecule is CCCOC1CCCN(C(=O)c2nonc2N)C1. The highest BCUT2D eigenvalue weighted by molar-refractivity contribution is 5.96. The third kappa shape index (κ3) is 2.79. The summed E-state index contributed by atoms with van der Waals surface area (Å²) in [6.45, 7) is 4.05. The fourth-order valence-electron chi connectivity index (χ4n) is 2.04. The molecule has 1 atom stereocenters. The minimum atomic E-state index is -0.237. The van der Waals surface area contributed by atoms with E-state index in [0.717, 1.165) is 25.9 Å². The summed E-state index contributed by atoms with van der Waals surface area (Å²) >= 11 is 0. The van der Waals surface area contributed by atoms with Gasteiger partial charge in [-0.1, -0.05) is 6.92 Å². The lowest BCUT2D eigenvalue weighted by Gasteiger charge is -2.32. The number of hydrogen-bond donors (Lipinski definition) is 1. The number of ether oxygens (including phenoxy) is 1. The Hall–Kier alpha value is -1.63. The number of likely N-dealkylation sites (tertiary alicyclic amines) is 1. The minimum absolute atomic E-state index is 0.0385. The lowest BCUT2D eigenvalue weighted by molar-refractivity contribution is 0.00182. The van der Waals surface area contributed by atoms with Crippen molar-refractivity contribution in [3.05, 3.63) is 5.69 Å². The quantitative estimate of drug-likeness (QED) is 0.849. The molecule has 1 aromatic heterocycles. The van der Waals surface area contributed by atoms with Crippen molar-refractivity contribution >= 4 is 11.7 Å². The molecular formula is C11H18N4O3. The number of nitrogens with zero attached hydrogens (tertiary/aromatic N) is 3. The van der Waals surface area contributed by atoms with Crippen LogP contribution >= 0.6 is 0 Å². The third-order valence-electron chi connectivity index (χ3n) is 2.94. The molecule has 2 heterocycles. The lowest BCUT2D eigenvalue weighted by atomic mass is 10.1. The van der Waals surface area contributed by atoms with Gasteiger partial charge < -0.3 is 15.4 Å². The first-order valence-corrected chi connectivity index (χ1v) is 6.21. The summed E-state index contributed by atoms with van der Waals surface area (Å²) in [7, 11) is 0. The number of carbonyl (C=O) groups excluding carboxylic acids is 1. The number of piperidine rings is 1. The van der Waals surface area contributed by atoms with Crippen molar-refractivity contribution in [1.29, 1.82) is 0 Å². The molecule has 18 heavy (non-hydrogen) atoms. The van der Waals surface area contributed by atoms with Crippen LogP contribution < -0.4 is 5.73 Å². The molecule has 0 radical (unpaired) electrons. The topological polar surface area (TPSA) is 94.5 Å². The van der Waals surface area contributed by atoms with Gasteiger partial charge >= 0.3 is 0 Å². The average Bonchev–Trinajstić information content (AvgIpc) is 2.82. The van der Waals surface area contributed by atoms with E-state index in [1.165, 1.54) is 0 Å². The highest BCUT2D eigenvalue weighted by atomic mass is 16.6. The molecule has 7 nitrogen and oxygen atoms in total. The Kier molecular flexibility index (Phi) is 4.14. The van der Waals surface area contributed by atoms with E-state index in [-0.39, 0.29) is 23.5 Å². The van der Waals surface area contributed by atoms with Crippen molar-refractivity contribution in [2.75, 3.05) is 25.4 Å². The second kappa shape index (κ2) is 5.81. The van der Waals surface area contributed by atoms with Gasteiger partial charge in [-0.25, -0.2) is 4.63 Å². The molecule has 0 spiro atoms. The summed E-state index contributed by atoms with van der Waals surface area (Å²) in [6, 6.07) is 0. The maximum atomic E-state index is 12.1. The van der Waals surface area contributed by atoms with E-state index < -0.39 is 0 Å². The number of anilines is 1. The zero-order valence-corrected chi connectivity index (χ0v) is 10.5. The van der Waals surface area contributed by atoms with Crippen LogP contribution in [0.1, 0.15) is 36.7 Å². The Bertz CT molecular complexity index is 407. The standard InChI is InChI=1S/C11H18N4O3/c1-2-6-17-8-4-3-5-15(7-8)11(16)9-10(12)14-18-13-9/h8H,2-7H2,1H3,(H2,12,14). The monoisotopic (exact) mass is 254 g/mol. The van der Waals surface area contributed by atoms with Crippen LogP contribution in [-0.4, -0.2) is 46.9 Å². The van der Waals surface area contributed by atoms with Crippen LogP contribution in [0, 0.1) is 0 Å². The molecule has 0 saturated carbocycles. The summed E-state index contributed by atoms with van der Waals surface area (Å²) in [4.78, 5) is 13.8. The highest BCUT2D eigenvalue weighted by Crippen LogP contribution is 2.17. The largest absolute Gasteiger partial charge is 0.379 e. The zero-order valence-electron chi connectivity index (χ0n) is 10.5. The summed E-state index contributed by atoms with van der Waals surface area (Å²) in [5.41, 5.74) is 5.61. The number of carbonyl (C=O) groups is 1. The molecule has 0 aromatic carbocycles. The molecule has 1 aliphatic heterocycles. The smallest absolute Gasteiger partial charge is 0.280 e.